The summed E-state index contributed by atoms with van der Waals surface area (Å²) in [4.78, 5) is 9.71. The van der Waals surface area contributed by atoms with Gasteiger partial charge < -0.3 is 9.52 Å². The van der Waals surface area contributed by atoms with Gasteiger partial charge in [0, 0.05) is 11.3 Å². The average Bonchev–Trinajstić information content (AvgIpc) is 2.79. The summed E-state index contributed by atoms with van der Waals surface area (Å²) >= 11 is 1.76. The van der Waals surface area contributed by atoms with Crippen molar-refractivity contribution >= 4 is 17.8 Å². The summed E-state index contributed by atoms with van der Waals surface area (Å²) in [6.07, 6.45) is 2.63. The molecule has 0 bridgehead atoms. The molecule has 0 fully saturated rings. The molecule has 0 amide bonds. The van der Waals surface area contributed by atoms with E-state index in [2.05, 4.69) is 17.5 Å². The van der Waals surface area contributed by atoms with Crippen molar-refractivity contribution in [3.05, 3.63) is 46.5 Å². The van der Waals surface area contributed by atoms with Crippen LogP contribution >= 0.6 is 11.3 Å². The van der Waals surface area contributed by atoms with Gasteiger partial charge >= 0.3 is 0 Å². The van der Waals surface area contributed by atoms with Gasteiger partial charge in [0.05, 0.1) is 6.26 Å². The molecule has 0 saturated carbocycles. The van der Waals surface area contributed by atoms with Gasteiger partial charge in [-0.2, -0.15) is 0 Å². The molecule has 3 nitrogen and oxygen atoms in total. The molecule has 0 radical (unpaired) electrons. The minimum atomic E-state index is -0.250. The second-order valence-electron chi connectivity index (χ2n) is 2.44. The second-order valence-corrected chi connectivity index (χ2v) is 3.47. The van der Waals surface area contributed by atoms with Crippen molar-refractivity contribution in [2.45, 2.75) is 6.42 Å². The molecular formula is C10H10O3S. The van der Waals surface area contributed by atoms with Crippen LogP contribution in [0.3, 0.4) is 0 Å². The molecular weight excluding hydrogens is 200 g/mol. The summed E-state index contributed by atoms with van der Waals surface area (Å²) in [5, 5.41) is 8.97. The molecule has 0 aliphatic carbocycles. The van der Waals surface area contributed by atoms with E-state index in [4.69, 9.17) is 14.3 Å². The minimum Gasteiger partial charge on any atom is -0.483 e. The lowest BCUT2D eigenvalue weighted by molar-refractivity contribution is -0.122. The van der Waals surface area contributed by atoms with E-state index >= 15 is 0 Å². The highest BCUT2D eigenvalue weighted by Gasteiger charge is 1.97. The first-order valence-electron chi connectivity index (χ1n) is 3.99. The predicted molar refractivity (Wildman–Crippen MR) is 54.5 cm³/mol. The molecule has 1 N–H and O–H groups in total. The molecule has 2 rings (SSSR count). The topological polar surface area (TPSA) is 50.4 Å². The molecule has 2 aromatic rings. The van der Waals surface area contributed by atoms with Crippen LogP contribution in [0.2, 0.25) is 0 Å². The standard InChI is InChI=1S/C9H8OS.CH2O2/c1-3-8(10-5-1)7-9-4-2-6-11-9;2-1-3/h1-6H,7H2;1H,(H,2,3). The summed E-state index contributed by atoms with van der Waals surface area (Å²) in [5.41, 5.74) is 0. The van der Waals surface area contributed by atoms with E-state index in [-0.39, 0.29) is 6.47 Å². The number of rotatable bonds is 2. The number of carboxylic acid groups (broad SMARTS) is 1. The zero-order valence-corrected chi connectivity index (χ0v) is 8.24. The van der Waals surface area contributed by atoms with E-state index < -0.39 is 0 Å². The van der Waals surface area contributed by atoms with Crippen LogP contribution in [-0.4, -0.2) is 11.6 Å². The van der Waals surface area contributed by atoms with Gasteiger partial charge in [-0.15, -0.1) is 11.3 Å². The molecule has 2 heterocycles. The summed E-state index contributed by atoms with van der Waals surface area (Å²) in [6, 6.07) is 8.10. The molecule has 0 atom stereocenters. The number of carbonyl (C=O) groups is 1. The number of thiophene rings is 1. The van der Waals surface area contributed by atoms with Crippen molar-refractivity contribution in [1.29, 1.82) is 0 Å². The molecule has 0 aromatic carbocycles. The Labute approximate surface area is 85.6 Å². The van der Waals surface area contributed by atoms with Crippen molar-refractivity contribution in [3.8, 4) is 0 Å². The Bertz CT molecular complexity index is 305. The zero-order valence-electron chi connectivity index (χ0n) is 7.42. The fraction of sp³-hybridized carbons (Fsp3) is 0.100. The van der Waals surface area contributed by atoms with Crippen molar-refractivity contribution in [1.82, 2.24) is 0 Å². The van der Waals surface area contributed by atoms with Gasteiger partial charge in [0.15, 0.2) is 0 Å². The third-order valence-electron chi connectivity index (χ3n) is 1.51. The zero-order chi connectivity index (χ0) is 10.2. The SMILES string of the molecule is O=CO.c1coc(Cc2cccs2)c1. The number of furan rings is 1. The fourth-order valence-corrected chi connectivity index (χ4v) is 1.71. The van der Waals surface area contributed by atoms with Crippen LogP contribution < -0.4 is 0 Å². The Hall–Kier alpha value is -1.55. The van der Waals surface area contributed by atoms with E-state index in [0.717, 1.165) is 12.2 Å². The van der Waals surface area contributed by atoms with Crippen molar-refractivity contribution in [2.75, 3.05) is 0 Å². The Morgan fingerprint density at radius 1 is 1.43 bits per heavy atom. The highest BCUT2D eigenvalue weighted by atomic mass is 32.1. The smallest absolute Gasteiger partial charge is 0.290 e. The van der Waals surface area contributed by atoms with Crippen LogP contribution in [0.4, 0.5) is 0 Å². The van der Waals surface area contributed by atoms with Gasteiger partial charge in [-0.3, -0.25) is 4.79 Å². The average molecular weight is 210 g/mol. The molecule has 0 aliphatic rings. The summed E-state index contributed by atoms with van der Waals surface area (Å²) in [7, 11) is 0. The van der Waals surface area contributed by atoms with Crippen molar-refractivity contribution in [3.63, 3.8) is 0 Å². The molecule has 0 unspecified atom stereocenters. The normalized spacial score (nSPS) is 8.86. The van der Waals surface area contributed by atoms with Crippen LogP contribution in [0.1, 0.15) is 10.6 Å². The number of hydrogen-bond donors (Lipinski definition) is 1. The van der Waals surface area contributed by atoms with Gasteiger partial charge in [-0.05, 0) is 23.6 Å². The Balaban J connectivity index is 0.000000293. The highest BCUT2D eigenvalue weighted by molar-refractivity contribution is 7.09. The maximum Gasteiger partial charge on any atom is 0.290 e. The van der Waals surface area contributed by atoms with E-state index in [0.29, 0.717) is 0 Å². The monoisotopic (exact) mass is 210 g/mol. The first kappa shape index (κ1) is 10.5. The molecule has 0 aliphatic heterocycles. The lowest BCUT2D eigenvalue weighted by atomic mass is 10.3. The van der Waals surface area contributed by atoms with Crippen LogP contribution in [0.5, 0.6) is 0 Å². The van der Waals surface area contributed by atoms with Crippen molar-refractivity contribution < 1.29 is 14.3 Å². The molecule has 0 spiro atoms. The maximum absolute atomic E-state index is 8.36. The van der Waals surface area contributed by atoms with E-state index in [1.807, 2.05) is 12.1 Å². The van der Waals surface area contributed by atoms with E-state index in [9.17, 15) is 0 Å². The van der Waals surface area contributed by atoms with Crippen LogP contribution in [-0.2, 0) is 11.2 Å². The van der Waals surface area contributed by atoms with Gasteiger partial charge in [0.2, 0.25) is 0 Å². The quantitative estimate of drug-likeness (QED) is 0.775. The van der Waals surface area contributed by atoms with Gasteiger partial charge in [-0.1, -0.05) is 6.07 Å². The van der Waals surface area contributed by atoms with E-state index in [1.165, 1.54) is 4.88 Å². The molecule has 2 aromatic heterocycles. The van der Waals surface area contributed by atoms with Crippen LogP contribution in [0.25, 0.3) is 0 Å². The van der Waals surface area contributed by atoms with Gasteiger partial charge in [0.1, 0.15) is 5.76 Å². The predicted octanol–water partition coefficient (Wildman–Crippen LogP) is 2.63. The number of hydrogen-bond acceptors (Lipinski definition) is 3. The Morgan fingerprint density at radius 2 is 2.21 bits per heavy atom. The lowest BCUT2D eigenvalue weighted by Crippen LogP contribution is -1.77. The molecule has 4 heteroatoms. The Kier molecular flexibility index (Phi) is 4.50. The summed E-state index contributed by atoms with van der Waals surface area (Å²) in [6.45, 7) is -0.250. The van der Waals surface area contributed by atoms with Crippen LogP contribution in [0, 0.1) is 0 Å². The first-order valence-corrected chi connectivity index (χ1v) is 4.87. The molecule has 0 saturated heterocycles. The maximum atomic E-state index is 8.36. The lowest BCUT2D eigenvalue weighted by Gasteiger charge is -1.89. The van der Waals surface area contributed by atoms with E-state index in [1.54, 1.807) is 17.6 Å². The fourth-order valence-electron chi connectivity index (χ4n) is 0.998. The third kappa shape index (κ3) is 3.45. The van der Waals surface area contributed by atoms with Gasteiger partial charge in [-0.25, -0.2) is 0 Å². The Morgan fingerprint density at radius 3 is 2.71 bits per heavy atom. The third-order valence-corrected chi connectivity index (χ3v) is 2.39. The van der Waals surface area contributed by atoms with Gasteiger partial charge in [0.25, 0.3) is 6.47 Å². The first-order chi connectivity index (χ1) is 6.86. The summed E-state index contributed by atoms with van der Waals surface area (Å²) in [5.74, 6) is 1.03. The molecule has 14 heavy (non-hydrogen) atoms. The van der Waals surface area contributed by atoms with Crippen LogP contribution in [0.15, 0.2) is 40.3 Å². The summed E-state index contributed by atoms with van der Waals surface area (Å²) < 4.78 is 5.21. The van der Waals surface area contributed by atoms with Crippen molar-refractivity contribution in [2.24, 2.45) is 0 Å². The highest BCUT2D eigenvalue weighted by Crippen LogP contribution is 2.14. The molecule has 74 valence electrons. The largest absolute Gasteiger partial charge is 0.483 e. The minimum absolute atomic E-state index is 0.250. The second kappa shape index (κ2) is 5.99.